The Morgan fingerprint density at radius 1 is 1.50 bits per heavy atom. The molecule has 0 amide bonds. The summed E-state index contributed by atoms with van der Waals surface area (Å²) in [6, 6.07) is 4.02. The van der Waals surface area contributed by atoms with Gasteiger partial charge in [0.2, 0.25) is 0 Å². The highest BCUT2D eigenvalue weighted by Crippen LogP contribution is 2.15. The van der Waals surface area contributed by atoms with Crippen molar-refractivity contribution in [2.24, 2.45) is 0 Å². The molecular weight excluding hydrogens is 234 g/mol. The number of nitro groups is 1. The SMILES string of the molecule is CC#CCn1cnc2ccc([N+](=O)[O-])cc2c1=O. The molecule has 0 saturated heterocycles. The average Bonchev–Trinajstić information content (AvgIpc) is 2.37. The van der Waals surface area contributed by atoms with E-state index in [-0.39, 0.29) is 23.2 Å². The lowest BCUT2D eigenvalue weighted by atomic mass is 10.2. The lowest BCUT2D eigenvalue weighted by molar-refractivity contribution is -0.384. The molecule has 0 radical (unpaired) electrons. The topological polar surface area (TPSA) is 78.0 Å². The minimum Gasteiger partial charge on any atom is -0.287 e. The van der Waals surface area contributed by atoms with Gasteiger partial charge in [0.15, 0.2) is 0 Å². The monoisotopic (exact) mass is 243 g/mol. The van der Waals surface area contributed by atoms with Crippen molar-refractivity contribution >= 4 is 16.6 Å². The van der Waals surface area contributed by atoms with Crippen LogP contribution in [0.5, 0.6) is 0 Å². The summed E-state index contributed by atoms with van der Waals surface area (Å²) >= 11 is 0. The summed E-state index contributed by atoms with van der Waals surface area (Å²) in [5.41, 5.74) is -0.0153. The molecule has 0 aliphatic heterocycles. The van der Waals surface area contributed by atoms with Crippen molar-refractivity contribution in [1.29, 1.82) is 0 Å². The second-order valence-electron chi connectivity index (χ2n) is 3.56. The van der Waals surface area contributed by atoms with Crippen LogP contribution < -0.4 is 5.56 Å². The van der Waals surface area contributed by atoms with Crippen molar-refractivity contribution in [3.63, 3.8) is 0 Å². The first-order valence-corrected chi connectivity index (χ1v) is 5.16. The highest BCUT2D eigenvalue weighted by atomic mass is 16.6. The van der Waals surface area contributed by atoms with Crippen LogP contribution in [0.4, 0.5) is 5.69 Å². The van der Waals surface area contributed by atoms with E-state index in [9.17, 15) is 14.9 Å². The normalized spacial score (nSPS) is 9.83. The lowest BCUT2D eigenvalue weighted by Crippen LogP contribution is -2.20. The highest BCUT2D eigenvalue weighted by Gasteiger charge is 2.10. The first-order chi connectivity index (χ1) is 8.63. The predicted molar refractivity (Wildman–Crippen MR) is 66.1 cm³/mol. The highest BCUT2D eigenvalue weighted by molar-refractivity contribution is 5.79. The molecule has 0 saturated carbocycles. The molecule has 1 heterocycles. The smallest absolute Gasteiger partial charge is 0.270 e. The van der Waals surface area contributed by atoms with Gasteiger partial charge in [0, 0.05) is 12.1 Å². The summed E-state index contributed by atoms with van der Waals surface area (Å²) in [6.45, 7) is 1.89. The van der Waals surface area contributed by atoms with E-state index < -0.39 is 4.92 Å². The maximum atomic E-state index is 12.0. The van der Waals surface area contributed by atoms with Gasteiger partial charge in [0.25, 0.3) is 11.2 Å². The Hall–Kier alpha value is -2.68. The van der Waals surface area contributed by atoms with Crippen LogP contribution in [0.1, 0.15) is 6.92 Å². The Kier molecular flexibility index (Phi) is 3.06. The molecule has 2 aromatic rings. The van der Waals surface area contributed by atoms with Crippen LogP contribution in [0.2, 0.25) is 0 Å². The Morgan fingerprint density at radius 3 is 2.94 bits per heavy atom. The third-order valence-corrected chi connectivity index (χ3v) is 2.44. The molecule has 0 bridgehead atoms. The van der Waals surface area contributed by atoms with Crippen LogP contribution in [0.25, 0.3) is 10.9 Å². The van der Waals surface area contributed by atoms with Gasteiger partial charge >= 0.3 is 0 Å². The quantitative estimate of drug-likeness (QED) is 0.453. The van der Waals surface area contributed by atoms with Gasteiger partial charge in [0.1, 0.15) is 0 Å². The largest absolute Gasteiger partial charge is 0.287 e. The zero-order valence-corrected chi connectivity index (χ0v) is 9.58. The third-order valence-electron chi connectivity index (χ3n) is 2.44. The standard InChI is InChI=1S/C12H9N3O3/c1-2-3-6-14-8-13-11-5-4-9(15(17)18)7-10(11)12(14)16/h4-5,7-8H,6H2,1H3. The summed E-state index contributed by atoms with van der Waals surface area (Å²) < 4.78 is 1.32. The van der Waals surface area contributed by atoms with Gasteiger partial charge in [-0.3, -0.25) is 19.5 Å². The number of hydrogen-bond acceptors (Lipinski definition) is 4. The van der Waals surface area contributed by atoms with Gasteiger partial charge in [0.05, 0.1) is 28.7 Å². The van der Waals surface area contributed by atoms with Crippen LogP contribution in [0.3, 0.4) is 0 Å². The van der Waals surface area contributed by atoms with Gasteiger partial charge in [-0.25, -0.2) is 4.98 Å². The fourth-order valence-electron chi connectivity index (χ4n) is 1.54. The average molecular weight is 243 g/mol. The summed E-state index contributed by atoms with van der Waals surface area (Å²) in [5, 5.41) is 10.9. The predicted octanol–water partition coefficient (Wildman–Crippen LogP) is 1.33. The molecule has 6 nitrogen and oxygen atoms in total. The number of rotatable bonds is 2. The first-order valence-electron chi connectivity index (χ1n) is 5.16. The molecule has 0 spiro atoms. The summed E-state index contributed by atoms with van der Waals surface area (Å²) in [7, 11) is 0. The molecule has 0 atom stereocenters. The van der Waals surface area contributed by atoms with E-state index in [1.807, 2.05) is 0 Å². The van der Waals surface area contributed by atoms with E-state index in [2.05, 4.69) is 16.8 Å². The number of non-ortho nitro benzene ring substituents is 1. The van der Waals surface area contributed by atoms with Gasteiger partial charge < -0.3 is 0 Å². The Morgan fingerprint density at radius 2 is 2.28 bits per heavy atom. The zero-order chi connectivity index (χ0) is 13.1. The zero-order valence-electron chi connectivity index (χ0n) is 9.58. The molecule has 18 heavy (non-hydrogen) atoms. The number of aromatic nitrogens is 2. The van der Waals surface area contributed by atoms with Crippen LogP contribution in [-0.4, -0.2) is 14.5 Å². The molecular formula is C12H9N3O3. The summed E-state index contributed by atoms with van der Waals surface area (Å²) in [6.07, 6.45) is 1.39. The van der Waals surface area contributed by atoms with E-state index in [4.69, 9.17) is 0 Å². The number of benzene rings is 1. The van der Waals surface area contributed by atoms with Crippen LogP contribution in [0.15, 0.2) is 29.3 Å². The minimum absolute atomic E-state index is 0.124. The third kappa shape index (κ3) is 2.06. The number of hydrogen-bond donors (Lipinski definition) is 0. The van der Waals surface area contributed by atoms with E-state index in [0.717, 1.165) is 0 Å². The minimum atomic E-state index is -0.540. The first kappa shape index (κ1) is 11.8. The van der Waals surface area contributed by atoms with Crippen molar-refractivity contribution in [1.82, 2.24) is 9.55 Å². The molecule has 0 aliphatic rings. The van der Waals surface area contributed by atoms with Gasteiger partial charge in [-0.2, -0.15) is 0 Å². The van der Waals surface area contributed by atoms with E-state index >= 15 is 0 Å². The van der Waals surface area contributed by atoms with Gasteiger partial charge in [-0.15, -0.1) is 5.92 Å². The van der Waals surface area contributed by atoms with Crippen molar-refractivity contribution < 1.29 is 4.92 Å². The van der Waals surface area contributed by atoms with E-state index in [1.165, 1.54) is 29.1 Å². The maximum Gasteiger partial charge on any atom is 0.270 e. The molecule has 6 heteroatoms. The van der Waals surface area contributed by atoms with Crippen molar-refractivity contribution in [3.8, 4) is 11.8 Å². The number of nitro benzene ring substituents is 1. The fraction of sp³-hybridized carbons (Fsp3) is 0.167. The lowest BCUT2D eigenvalue weighted by Gasteiger charge is -2.02. The van der Waals surface area contributed by atoms with Crippen LogP contribution in [0, 0.1) is 22.0 Å². The molecule has 1 aromatic heterocycles. The van der Waals surface area contributed by atoms with Crippen molar-refractivity contribution in [2.75, 3.05) is 0 Å². The second-order valence-corrected chi connectivity index (χ2v) is 3.56. The Labute approximate surface area is 102 Å². The fourth-order valence-corrected chi connectivity index (χ4v) is 1.54. The summed E-state index contributed by atoms with van der Waals surface area (Å²) in [4.78, 5) is 26.2. The molecule has 0 fully saturated rings. The Balaban J connectivity index is 2.66. The van der Waals surface area contributed by atoms with Crippen molar-refractivity contribution in [2.45, 2.75) is 13.5 Å². The molecule has 90 valence electrons. The number of nitrogens with zero attached hydrogens (tertiary/aromatic N) is 3. The van der Waals surface area contributed by atoms with Gasteiger partial charge in [-0.1, -0.05) is 5.92 Å². The maximum absolute atomic E-state index is 12.0. The van der Waals surface area contributed by atoms with Crippen LogP contribution >= 0.6 is 0 Å². The Bertz CT molecular complexity index is 738. The molecule has 1 aromatic carbocycles. The molecule has 0 unspecified atom stereocenters. The van der Waals surface area contributed by atoms with Crippen molar-refractivity contribution in [3.05, 3.63) is 45.0 Å². The molecule has 2 rings (SSSR count). The van der Waals surface area contributed by atoms with E-state index in [0.29, 0.717) is 5.52 Å². The molecule has 0 aliphatic carbocycles. The van der Waals surface area contributed by atoms with E-state index in [1.54, 1.807) is 6.92 Å². The summed E-state index contributed by atoms with van der Waals surface area (Å²) in [5.74, 6) is 5.42. The number of fused-ring (bicyclic) bond motifs is 1. The van der Waals surface area contributed by atoms with Gasteiger partial charge in [-0.05, 0) is 13.0 Å². The molecule has 0 N–H and O–H groups in total. The van der Waals surface area contributed by atoms with Crippen LogP contribution in [-0.2, 0) is 6.54 Å². The second kappa shape index (κ2) is 4.67.